The van der Waals surface area contributed by atoms with Crippen LogP contribution in [0.3, 0.4) is 0 Å². The Kier molecular flexibility index (Phi) is 12.0. The number of aliphatic hydroxyl groups excluding tert-OH is 1. The van der Waals surface area contributed by atoms with E-state index in [0.29, 0.717) is 19.5 Å². The molecule has 2 atom stereocenters. The fraction of sp³-hybridized carbons (Fsp3) is 0.522. The van der Waals surface area contributed by atoms with E-state index >= 15 is 0 Å². The Morgan fingerprint density at radius 1 is 1.32 bits per heavy atom. The number of rotatable bonds is 5. The summed E-state index contributed by atoms with van der Waals surface area (Å²) >= 11 is 1.64. The van der Waals surface area contributed by atoms with Gasteiger partial charge in [0.15, 0.2) is 0 Å². The predicted molar refractivity (Wildman–Crippen MR) is 127 cm³/mol. The lowest BCUT2D eigenvalue weighted by Gasteiger charge is -2.13. The number of aromatic nitrogens is 1. The average Bonchev–Trinajstić information content (AvgIpc) is 3.36. The smallest absolute Gasteiger partial charge is 0.236 e. The Morgan fingerprint density at radius 3 is 2.35 bits per heavy atom. The van der Waals surface area contributed by atoms with Crippen LogP contribution >= 0.6 is 11.3 Å². The van der Waals surface area contributed by atoms with Crippen LogP contribution in [0.25, 0.3) is 10.4 Å². The van der Waals surface area contributed by atoms with Crippen LogP contribution in [0.15, 0.2) is 29.8 Å². The van der Waals surface area contributed by atoms with Crippen molar-refractivity contribution in [1.29, 1.82) is 0 Å². The molecule has 0 bridgehead atoms. The van der Waals surface area contributed by atoms with Crippen molar-refractivity contribution in [2.75, 3.05) is 19.6 Å². The number of carbonyl (C=O) groups is 2. The van der Waals surface area contributed by atoms with Crippen molar-refractivity contribution in [3.05, 3.63) is 41.0 Å². The number of nitrogens with zero attached hydrogens (tertiary/aromatic N) is 2. The van der Waals surface area contributed by atoms with Crippen molar-refractivity contribution in [2.45, 2.75) is 53.2 Å². The molecule has 3 rings (SSSR count). The predicted octanol–water partition coefficient (Wildman–Crippen LogP) is 3.13. The molecule has 1 saturated heterocycles. The van der Waals surface area contributed by atoms with E-state index < -0.39 is 0 Å². The van der Waals surface area contributed by atoms with Gasteiger partial charge < -0.3 is 21.1 Å². The van der Waals surface area contributed by atoms with E-state index in [0.717, 1.165) is 23.6 Å². The Bertz CT molecular complexity index is 790. The maximum absolute atomic E-state index is 10.8. The molecule has 1 fully saturated rings. The van der Waals surface area contributed by atoms with Crippen molar-refractivity contribution >= 4 is 23.7 Å². The molecular formula is C23H36N4O3S. The first kappa shape index (κ1) is 26.7. The second-order valence-corrected chi connectivity index (χ2v) is 8.97. The number of β-amino-alcohol motifs (C(OH)–C–C–N with tert-alkyl or cyclic N) is 1. The highest BCUT2D eigenvalue weighted by molar-refractivity contribution is 7.13. The number of hydrogen-bond acceptors (Lipinski definition) is 6. The molecule has 4 N–H and O–H groups in total. The molecule has 0 spiro atoms. The molecule has 0 unspecified atom stereocenters. The summed E-state index contributed by atoms with van der Waals surface area (Å²) in [5, 5.41) is 11.7. The molecule has 1 aliphatic rings. The molecule has 1 aromatic carbocycles. The normalized spacial score (nSPS) is 16.0. The number of benzene rings is 1. The van der Waals surface area contributed by atoms with Gasteiger partial charge in [-0.1, -0.05) is 45.0 Å². The maximum atomic E-state index is 10.8. The van der Waals surface area contributed by atoms with Crippen LogP contribution in [-0.2, 0) is 9.59 Å². The highest BCUT2D eigenvalue weighted by atomic mass is 32.1. The number of carbonyl (C=O) groups excluding carboxylic acids is 2. The van der Waals surface area contributed by atoms with Crippen LogP contribution < -0.4 is 11.1 Å². The molecule has 0 radical (unpaired) electrons. The fourth-order valence-corrected chi connectivity index (χ4v) is 3.61. The van der Waals surface area contributed by atoms with Gasteiger partial charge >= 0.3 is 0 Å². The van der Waals surface area contributed by atoms with Gasteiger partial charge in [-0.05, 0) is 37.3 Å². The minimum absolute atomic E-state index is 0.0455. The van der Waals surface area contributed by atoms with Gasteiger partial charge in [-0.2, -0.15) is 0 Å². The van der Waals surface area contributed by atoms with E-state index in [1.54, 1.807) is 16.2 Å². The van der Waals surface area contributed by atoms with E-state index in [4.69, 9.17) is 10.8 Å². The van der Waals surface area contributed by atoms with Crippen LogP contribution in [0.4, 0.5) is 0 Å². The third kappa shape index (κ3) is 9.59. The van der Waals surface area contributed by atoms with Crippen molar-refractivity contribution in [1.82, 2.24) is 15.2 Å². The second-order valence-electron chi connectivity index (χ2n) is 8.11. The standard InChI is InChI=1S/C13H14N2OS.C6H12N2O2.C4H10/c1-9(14-7-16)11-3-5-12(6-4-11)13-10(2)15-8-17-13;7-3-6(10)8-2-1-5(9)4-8;1-4(2)3/h3-9H,1-2H3,(H,14,16);5,9H,1-4,7H2;4H,1-3H3/t9-;5-;/m01./s1. The van der Waals surface area contributed by atoms with Crippen LogP contribution in [0.2, 0.25) is 0 Å². The maximum Gasteiger partial charge on any atom is 0.236 e. The molecule has 1 aliphatic heterocycles. The zero-order valence-electron chi connectivity index (χ0n) is 19.2. The van der Waals surface area contributed by atoms with Gasteiger partial charge in [0.2, 0.25) is 12.3 Å². The topological polar surface area (TPSA) is 109 Å². The van der Waals surface area contributed by atoms with E-state index in [1.807, 2.05) is 31.5 Å². The Labute approximate surface area is 189 Å². The molecule has 0 saturated carbocycles. The molecule has 2 amide bonds. The molecule has 31 heavy (non-hydrogen) atoms. The molecule has 172 valence electrons. The lowest BCUT2D eigenvalue weighted by Crippen LogP contribution is -2.34. The zero-order chi connectivity index (χ0) is 23.4. The molecule has 2 aromatic rings. The third-order valence-corrected chi connectivity index (χ3v) is 5.40. The van der Waals surface area contributed by atoms with Crippen molar-refractivity contribution in [3.63, 3.8) is 0 Å². The number of nitrogens with two attached hydrogens (primary N) is 1. The molecule has 7 nitrogen and oxygen atoms in total. The van der Waals surface area contributed by atoms with E-state index in [1.165, 1.54) is 10.4 Å². The second kappa shape index (κ2) is 13.9. The summed E-state index contributed by atoms with van der Waals surface area (Å²) in [6.07, 6.45) is 1.08. The first-order chi connectivity index (χ1) is 14.7. The number of aliphatic hydroxyl groups is 1. The minimum Gasteiger partial charge on any atom is -0.391 e. The summed E-state index contributed by atoms with van der Waals surface area (Å²) in [6.45, 7) is 11.6. The van der Waals surface area contributed by atoms with Crippen LogP contribution in [0, 0.1) is 12.8 Å². The van der Waals surface area contributed by atoms with Gasteiger partial charge in [-0.3, -0.25) is 9.59 Å². The quantitative estimate of drug-likeness (QED) is 0.609. The minimum atomic E-state index is -0.338. The van der Waals surface area contributed by atoms with Gasteiger partial charge in [0.25, 0.3) is 0 Å². The lowest BCUT2D eigenvalue weighted by molar-refractivity contribution is -0.129. The monoisotopic (exact) mass is 448 g/mol. The number of likely N-dealkylation sites (tertiary alicyclic amines) is 1. The molecule has 2 heterocycles. The number of nitrogens with one attached hydrogen (secondary N) is 1. The van der Waals surface area contributed by atoms with Gasteiger partial charge in [0.05, 0.1) is 34.8 Å². The highest BCUT2D eigenvalue weighted by Crippen LogP contribution is 2.28. The van der Waals surface area contributed by atoms with E-state index in [2.05, 4.69) is 43.2 Å². The largest absolute Gasteiger partial charge is 0.391 e. The lowest BCUT2D eigenvalue weighted by atomic mass is 10.1. The van der Waals surface area contributed by atoms with Gasteiger partial charge in [0.1, 0.15) is 0 Å². The van der Waals surface area contributed by atoms with Crippen LogP contribution in [-0.4, -0.2) is 53.0 Å². The van der Waals surface area contributed by atoms with Crippen molar-refractivity contribution in [2.24, 2.45) is 11.7 Å². The van der Waals surface area contributed by atoms with Crippen molar-refractivity contribution in [3.8, 4) is 10.4 Å². The van der Waals surface area contributed by atoms with Crippen LogP contribution in [0.1, 0.15) is 51.4 Å². The van der Waals surface area contributed by atoms with Gasteiger partial charge in [-0.25, -0.2) is 4.98 Å². The van der Waals surface area contributed by atoms with Gasteiger partial charge in [0, 0.05) is 13.1 Å². The summed E-state index contributed by atoms with van der Waals surface area (Å²) in [7, 11) is 0. The molecule has 8 heteroatoms. The first-order valence-electron chi connectivity index (χ1n) is 10.6. The Hall–Kier alpha value is -2.29. The summed E-state index contributed by atoms with van der Waals surface area (Å²) in [5.74, 6) is 0.761. The summed E-state index contributed by atoms with van der Waals surface area (Å²) < 4.78 is 0. The number of thiazole rings is 1. The van der Waals surface area contributed by atoms with Crippen LogP contribution in [0.5, 0.6) is 0 Å². The average molecular weight is 449 g/mol. The molecular weight excluding hydrogens is 412 g/mol. The Balaban J connectivity index is 0.000000290. The molecule has 0 aliphatic carbocycles. The number of aryl methyl sites for hydroxylation is 1. The summed E-state index contributed by atoms with van der Waals surface area (Å²) in [6, 6.07) is 8.26. The highest BCUT2D eigenvalue weighted by Gasteiger charge is 2.22. The van der Waals surface area contributed by atoms with E-state index in [9.17, 15) is 9.59 Å². The number of amides is 2. The summed E-state index contributed by atoms with van der Waals surface area (Å²) in [5.41, 5.74) is 10.3. The van der Waals surface area contributed by atoms with Gasteiger partial charge in [-0.15, -0.1) is 11.3 Å². The third-order valence-electron chi connectivity index (χ3n) is 4.43. The molecule has 1 aromatic heterocycles. The summed E-state index contributed by atoms with van der Waals surface area (Å²) in [4.78, 5) is 28.2. The van der Waals surface area contributed by atoms with Crippen molar-refractivity contribution < 1.29 is 14.7 Å². The van der Waals surface area contributed by atoms with E-state index in [-0.39, 0.29) is 24.6 Å². The Morgan fingerprint density at radius 2 is 1.94 bits per heavy atom. The SMILES string of the molecule is CC(C)C.Cc1ncsc1-c1ccc([C@H](C)NC=O)cc1.NCC(=O)N1CC[C@@H](O)C1. The zero-order valence-corrected chi connectivity index (χ0v) is 20.0. The fourth-order valence-electron chi connectivity index (χ4n) is 2.80. The first-order valence-corrected chi connectivity index (χ1v) is 11.4. The number of hydrogen-bond donors (Lipinski definition) is 3.